The number of carbonyl (C=O) groups is 1. The van der Waals surface area contributed by atoms with E-state index in [0.717, 1.165) is 25.7 Å². The molecular weight excluding hydrogens is 242 g/mol. The Morgan fingerprint density at radius 2 is 1.95 bits per heavy atom. The molecule has 2 N–H and O–H groups in total. The molecule has 0 aromatic carbocycles. The van der Waals surface area contributed by atoms with Crippen LogP contribution in [-0.4, -0.2) is 35.4 Å². The fraction of sp³-hybridized carbons (Fsp3) is 0.933. The maximum Gasteiger partial charge on any atom is 0.249 e. The number of amides is 1. The van der Waals surface area contributed by atoms with E-state index in [4.69, 9.17) is 4.74 Å². The van der Waals surface area contributed by atoms with Gasteiger partial charge in [0.1, 0.15) is 6.10 Å². The van der Waals surface area contributed by atoms with Crippen molar-refractivity contribution in [1.29, 1.82) is 0 Å². The summed E-state index contributed by atoms with van der Waals surface area (Å²) in [5, 5.41) is 12.8. The first kappa shape index (κ1) is 14.8. The van der Waals surface area contributed by atoms with Gasteiger partial charge in [-0.25, -0.2) is 0 Å². The van der Waals surface area contributed by atoms with E-state index in [0.29, 0.717) is 5.92 Å². The van der Waals surface area contributed by atoms with Gasteiger partial charge in [0.2, 0.25) is 5.91 Å². The molecule has 3 atom stereocenters. The molecule has 2 fully saturated rings. The second kappa shape index (κ2) is 6.23. The Morgan fingerprint density at radius 3 is 2.47 bits per heavy atom. The lowest BCUT2D eigenvalue weighted by molar-refractivity contribution is -0.135. The lowest BCUT2D eigenvalue weighted by Crippen LogP contribution is -2.57. The van der Waals surface area contributed by atoms with Gasteiger partial charge in [0.25, 0.3) is 0 Å². The highest BCUT2D eigenvalue weighted by molar-refractivity contribution is 5.81. The van der Waals surface area contributed by atoms with Crippen LogP contribution >= 0.6 is 0 Å². The van der Waals surface area contributed by atoms with Gasteiger partial charge in [0, 0.05) is 0 Å². The molecule has 1 aliphatic carbocycles. The Labute approximate surface area is 115 Å². The normalized spacial score (nSPS) is 31.9. The van der Waals surface area contributed by atoms with Gasteiger partial charge in [-0.2, -0.15) is 0 Å². The van der Waals surface area contributed by atoms with Crippen LogP contribution in [0.5, 0.6) is 0 Å². The number of hydrogen-bond acceptors (Lipinski definition) is 3. The van der Waals surface area contributed by atoms with Crippen LogP contribution < -0.4 is 5.32 Å². The predicted molar refractivity (Wildman–Crippen MR) is 73.8 cm³/mol. The molecule has 0 aromatic rings. The van der Waals surface area contributed by atoms with Gasteiger partial charge in [0.15, 0.2) is 0 Å². The van der Waals surface area contributed by atoms with Crippen molar-refractivity contribution < 1.29 is 14.6 Å². The van der Waals surface area contributed by atoms with Gasteiger partial charge < -0.3 is 15.2 Å². The van der Waals surface area contributed by atoms with Crippen molar-refractivity contribution >= 4 is 5.91 Å². The minimum atomic E-state index is -0.493. The molecule has 1 saturated heterocycles. The van der Waals surface area contributed by atoms with Gasteiger partial charge in [-0.05, 0) is 45.4 Å². The van der Waals surface area contributed by atoms with Crippen LogP contribution in [0, 0.1) is 5.92 Å². The quantitative estimate of drug-likeness (QED) is 0.820. The van der Waals surface area contributed by atoms with Crippen molar-refractivity contribution in [3.05, 3.63) is 0 Å². The zero-order valence-corrected chi connectivity index (χ0v) is 12.2. The molecule has 4 heteroatoms. The Bertz CT molecular complexity index is 315. The summed E-state index contributed by atoms with van der Waals surface area (Å²) >= 11 is 0. The van der Waals surface area contributed by atoms with Crippen LogP contribution in [0.25, 0.3) is 0 Å². The maximum absolute atomic E-state index is 12.3. The summed E-state index contributed by atoms with van der Waals surface area (Å²) in [7, 11) is 0. The van der Waals surface area contributed by atoms with Crippen LogP contribution in [0.1, 0.15) is 58.8 Å². The molecule has 19 heavy (non-hydrogen) atoms. The first-order chi connectivity index (χ1) is 9.05. The summed E-state index contributed by atoms with van der Waals surface area (Å²) in [6, 6.07) is 0. The molecule has 0 aromatic heterocycles. The van der Waals surface area contributed by atoms with E-state index in [1.165, 1.54) is 19.3 Å². The van der Waals surface area contributed by atoms with Crippen LogP contribution in [0.4, 0.5) is 0 Å². The molecule has 1 amide bonds. The molecule has 0 bridgehead atoms. The summed E-state index contributed by atoms with van der Waals surface area (Å²) < 4.78 is 5.61. The Balaban J connectivity index is 1.95. The number of ether oxygens (including phenoxy) is 1. The minimum Gasteiger partial charge on any atom is -0.394 e. The SMILES string of the molecule is CC1CCC(C(=O)NC(C)(CO)C2CCCCC2)O1. The first-order valence-electron chi connectivity index (χ1n) is 7.63. The van der Waals surface area contributed by atoms with Gasteiger partial charge in [-0.1, -0.05) is 19.3 Å². The molecule has 2 rings (SSSR count). The van der Waals surface area contributed by atoms with Crippen molar-refractivity contribution in [3.8, 4) is 0 Å². The highest BCUT2D eigenvalue weighted by Gasteiger charge is 2.38. The second-order valence-electron chi connectivity index (χ2n) is 6.41. The number of aliphatic hydroxyl groups excluding tert-OH is 1. The molecule has 1 heterocycles. The van der Waals surface area contributed by atoms with Gasteiger partial charge in [-0.3, -0.25) is 4.79 Å². The van der Waals surface area contributed by atoms with Gasteiger partial charge >= 0.3 is 0 Å². The standard InChI is InChI=1S/C15H27NO3/c1-11-8-9-13(19-11)14(18)16-15(2,10-17)12-6-4-3-5-7-12/h11-13,17H,3-10H2,1-2H3,(H,16,18). The number of carbonyl (C=O) groups excluding carboxylic acids is 1. The van der Waals surface area contributed by atoms with E-state index in [1.807, 2.05) is 13.8 Å². The average molecular weight is 269 g/mol. The van der Waals surface area contributed by atoms with Gasteiger partial charge in [-0.15, -0.1) is 0 Å². The highest BCUT2D eigenvalue weighted by atomic mass is 16.5. The Morgan fingerprint density at radius 1 is 1.26 bits per heavy atom. The number of hydrogen-bond donors (Lipinski definition) is 2. The molecule has 2 aliphatic rings. The molecule has 0 spiro atoms. The first-order valence-corrected chi connectivity index (χ1v) is 7.63. The lowest BCUT2D eigenvalue weighted by Gasteiger charge is -2.39. The third-order valence-electron chi connectivity index (χ3n) is 4.77. The summed E-state index contributed by atoms with van der Waals surface area (Å²) in [5.74, 6) is 0.334. The topological polar surface area (TPSA) is 58.6 Å². The third kappa shape index (κ3) is 3.48. The fourth-order valence-corrected chi connectivity index (χ4v) is 3.37. The molecule has 4 nitrogen and oxygen atoms in total. The van der Waals surface area contributed by atoms with E-state index >= 15 is 0 Å². The largest absolute Gasteiger partial charge is 0.394 e. The zero-order valence-electron chi connectivity index (χ0n) is 12.2. The van der Waals surface area contributed by atoms with Crippen LogP contribution in [0.3, 0.4) is 0 Å². The smallest absolute Gasteiger partial charge is 0.249 e. The fourth-order valence-electron chi connectivity index (χ4n) is 3.37. The number of aliphatic hydroxyl groups is 1. The van der Waals surface area contributed by atoms with Crippen molar-refractivity contribution in [2.24, 2.45) is 5.92 Å². The summed E-state index contributed by atoms with van der Waals surface area (Å²) in [6.07, 6.45) is 7.44. The molecule has 1 saturated carbocycles. The monoisotopic (exact) mass is 269 g/mol. The molecule has 110 valence electrons. The molecule has 0 radical (unpaired) electrons. The average Bonchev–Trinajstić information content (AvgIpc) is 2.86. The van der Waals surface area contributed by atoms with Crippen LogP contribution in [0.2, 0.25) is 0 Å². The maximum atomic E-state index is 12.3. The van der Waals surface area contributed by atoms with Crippen molar-refractivity contribution in [1.82, 2.24) is 5.32 Å². The predicted octanol–water partition coefficient (Wildman–Crippen LogP) is 2.00. The van der Waals surface area contributed by atoms with E-state index < -0.39 is 5.54 Å². The number of rotatable bonds is 4. The minimum absolute atomic E-state index is 0.00564. The van der Waals surface area contributed by atoms with E-state index in [-0.39, 0.29) is 24.7 Å². The van der Waals surface area contributed by atoms with Crippen LogP contribution in [-0.2, 0) is 9.53 Å². The third-order valence-corrected chi connectivity index (χ3v) is 4.77. The number of nitrogens with one attached hydrogen (secondary N) is 1. The van der Waals surface area contributed by atoms with E-state index in [1.54, 1.807) is 0 Å². The van der Waals surface area contributed by atoms with Gasteiger partial charge in [0.05, 0.1) is 18.2 Å². The van der Waals surface area contributed by atoms with Crippen molar-refractivity contribution in [2.75, 3.05) is 6.61 Å². The molecule has 1 aliphatic heterocycles. The summed E-state index contributed by atoms with van der Waals surface area (Å²) in [5.41, 5.74) is -0.493. The molecule has 3 unspecified atom stereocenters. The van der Waals surface area contributed by atoms with E-state index in [2.05, 4.69) is 5.32 Å². The second-order valence-corrected chi connectivity index (χ2v) is 6.41. The summed E-state index contributed by atoms with van der Waals surface area (Å²) in [6.45, 7) is 3.98. The highest BCUT2D eigenvalue weighted by Crippen LogP contribution is 2.33. The Hall–Kier alpha value is -0.610. The summed E-state index contributed by atoms with van der Waals surface area (Å²) in [4.78, 5) is 12.3. The van der Waals surface area contributed by atoms with Crippen molar-refractivity contribution in [2.45, 2.75) is 76.5 Å². The molecular formula is C15H27NO3. The van der Waals surface area contributed by atoms with Crippen molar-refractivity contribution in [3.63, 3.8) is 0 Å². The lowest BCUT2D eigenvalue weighted by atomic mass is 9.76. The zero-order chi connectivity index (χ0) is 13.9. The Kier molecular flexibility index (Phi) is 4.85. The van der Waals surface area contributed by atoms with Crippen LogP contribution in [0.15, 0.2) is 0 Å². The van der Waals surface area contributed by atoms with E-state index in [9.17, 15) is 9.90 Å².